The number of halogens is 1. The smallest absolute Gasteiger partial charge is 0.273 e. The van der Waals surface area contributed by atoms with Gasteiger partial charge in [0.25, 0.3) is 5.91 Å². The van der Waals surface area contributed by atoms with E-state index in [9.17, 15) is 14.0 Å². The predicted octanol–water partition coefficient (Wildman–Crippen LogP) is 2.45. The molecule has 0 spiro atoms. The number of piperidine rings is 1. The van der Waals surface area contributed by atoms with Crippen LogP contribution in [0.3, 0.4) is 0 Å². The number of aromatic nitrogens is 1. The van der Waals surface area contributed by atoms with Gasteiger partial charge in [-0.3, -0.25) is 9.59 Å². The van der Waals surface area contributed by atoms with E-state index in [2.05, 4.69) is 10.5 Å². The van der Waals surface area contributed by atoms with E-state index < -0.39 is 18.0 Å². The average molecular weight is 408 g/mol. The van der Waals surface area contributed by atoms with E-state index in [1.807, 2.05) is 22.4 Å². The van der Waals surface area contributed by atoms with Crippen LogP contribution in [-0.2, 0) is 4.79 Å². The molecule has 0 aromatic carbocycles. The van der Waals surface area contributed by atoms with Crippen molar-refractivity contribution in [2.45, 2.75) is 31.9 Å². The molecule has 0 bridgehead atoms. The Morgan fingerprint density at radius 2 is 2.25 bits per heavy atom. The van der Waals surface area contributed by atoms with E-state index >= 15 is 0 Å². The van der Waals surface area contributed by atoms with Crippen molar-refractivity contribution in [3.63, 3.8) is 0 Å². The number of primary amides is 1. The van der Waals surface area contributed by atoms with Gasteiger partial charge < -0.3 is 20.5 Å². The number of hydrogen-bond donors (Lipinski definition) is 2. The van der Waals surface area contributed by atoms with Crippen LogP contribution < -0.4 is 11.1 Å². The molecule has 152 valence electrons. The summed E-state index contributed by atoms with van der Waals surface area (Å²) in [6, 6.07) is 5.47. The first kappa shape index (κ1) is 20.5. The molecule has 2 atom stereocenters. The molecule has 0 aliphatic carbocycles. The Balaban J connectivity index is 1.29. The van der Waals surface area contributed by atoms with Gasteiger partial charge in [-0.1, -0.05) is 17.6 Å². The highest BCUT2D eigenvalue weighted by molar-refractivity contribution is 7.13. The zero-order valence-electron chi connectivity index (χ0n) is 15.6. The molecule has 9 heteroatoms. The molecule has 0 unspecified atom stereocenters. The highest BCUT2D eigenvalue weighted by Gasteiger charge is 2.32. The van der Waals surface area contributed by atoms with E-state index in [-0.39, 0.29) is 18.1 Å². The van der Waals surface area contributed by atoms with Crippen LogP contribution >= 0.6 is 11.3 Å². The first-order chi connectivity index (χ1) is 13.5. The molecule has 28 heavy (non-hydrogen) atoms. The van der Waals surface area contributed by atoms with Crippen molar-refractivity contribution in [2.75, 3.05) is 26.2 Å². The van der Waals surface area contributed by atoms with Crippen LogP contribution in [0.1, 0.15) is 36.2 Å². The number of amides is 2. The largest absolute Gasteiger partial charge is 0.369 e. The monoisotopic (exact) mass is 408 g/mol. The number of nitrogens with two attached hydrogens (primary N) is 1. The first-order valence-electron chi connectivity index (χ1n) is 9.49. The topological polar surface area (TPSA) is 101 Å². The zero-order chi connectivity index (χ0) is 19.9. The third-order valence-electron chi connectivity index (χ3n) is 4.93. The normalized spacial score (nSPS) is 20.2. The summed E-state index contributed by atoms with van der Waals surface area (Å²) in [6.45, 7) is 2.30. The van der Waals surface area contributed by atoms with Gasteiger partial charge in [0.2, 0.25) is 5.91 Å². The summed E-state index contributed by atoms with van der Waals surface area (Å²) < 4.78 is 19.1. The van der Waals surface area contributed by atoms with Crippen molar-refractivity contribution in [3.8, 4) is 10.6 Å². The summed E-state index contributed by atoms with van der Waals surface area (Å²) >= 11 is 1.53. The van der Waals surface area contributed by atoms with E-state index in [1.54, 1.807) is 6.07 Å². The summed E-state index contributed by atoms with van der Waals surface area (Å²) in [5, 5.41) is 8.59. The lowest BCUT2D eigenvalue weighted by molar-refractivity contribution is -0.125. The zero-order valence-corrected chi connectivity index (χ0v) is 16.4. The molecule has 2 aromatic heterocycles. The second kappa shape index (κ2) is 9.79. The lowest BCUT2D eigenvalue weighted by Crippen LogP contribution is -2.46. The summed E-state index contributed by atoms with van der Waals surface area (Å²) in [4.78, 5) is 26.2. The Hall–Kier alpha value is -2.26. The maximum absolute atomic E-state index is 13.9. The van der Waals surface area contributed by atoms with Crippen molar-refractivity contribution in [1.29, 1.82) is 0 Å². The SMILES string of the molecule is NC(=O)[C@@H]1CCN(CCCCCNC(=O)c2cc(-c3cccs3)on2)C[C@H]1F. The van der Waals surface area contributed by atoms with Crippen molar-refractivity contribution in [3.05, 3.63) is 29.3 Å². The van der Waals surface area contributed by atoms with Crippen molar-refractivity contribution in [2.24, 2.45) is 11.7 Å². The third kappa shape index (κ3) is 5.39. The predicted molar refractivity (Wildman–Crippen MR) is 105 cm³/mol. The average Bonchev–Trinajstić information content (AvgIpc) is 3.35. The fourth-order valence-corrected chi connectivity index (χ4v) is 4.01. The van der Waals surface area contributed by atoms with E-state index in [0.29, 0.717) is 25.3 Å². The van der Waals surface area contributed by atoms with E-state index in [1.165, 1.54) is 11.3 Å². The Labute approximate surface area is 167 Å². The van der Waals surface area contributed by atoms with Crippen molar-refractivity contribution in [1.82, 2.24) is 15.4 Å². The van der Waals surface area contributed by atoms with E-state index in [0.717, 1.165) is 30.7 Å². The van der Waals surface area contributed by atoms with Gasteiger partial charge in [0.15, 0.2) is 11.5 Å². The molecule has 0 radical (unpaired) electrons. The molecule has 1 aliphatic rings. The summed E-state index contributed by atoms with van der Waals surface area (Å²) in [7, 11) is 0. The van der Waals surface area contributed by atoms with Gasteiger partial charge >= 0.3 is 0 Å². The van der Waals surface area contributed by atoms with Crippen LogP contribution in [0.25, 0.3) is 10.6 Å². The van der Waals surface area contributed by atoms with E-state index in [4.69, 9.17) is 10.3 Å². The second-order valence-electron chi connectivity index (χ2n) is 6.98. The molecule has 3 N–H and O–H groups in total. The number of thiophene rings is 1. The minimum absolute atomic E-state index is 0.250. The third-order valence-corrected chi connectivity index (χ3v) is 5.82. The number of nitrogens with one attached hydrogen (secondary N) is 1. The Morgan fingerprint density at radius 1 is 1.39 bits per heavy atom. The molecule has 2 aromatic rings. The first-order valence-corrected chi connectivity index (χ1v) is 10.4. The van der Waals surface area contributed by atoms with Crippen LogP contribution in [0.15, 0.2) is 28.1 Å². The lowest BCUT2D eigenvalue weighted by Gasteiger charge is -2.33. The summed E-state index contributed by atoms with van der Waals surface area (Å²) in [6.07, 6.45) is 1.98. The van der Waals surface area contributed by atoms with Crippen molar-refractivity contribution < 1.29 is 18.5 Å². The Morgan fingerprint density at radius 3 is 2.96 bits per heavy atom. The number of alkyl halides is 1. The summed E-state index contributed by atoms with van der Waals surface area (Å²) in [5.74, 6) is -0.854. The molecule has 1 aliphatic heterocycles. The van der Waals surface area contributed by atoms with Crippen LogP contribution in [0.5, 0.6) is 0 Å². The molecule has 1 fully saturated rings. The number of hydrogen-bond acceptors (Lipinski definition) is 6. The minimum Gasteiger partial charge on any atom is -0.369 e. The molecule has 7 nitrogen and oxygen atoms in total. The Kier molecular flexibility index (Phi) is 7.16. The van der Waals surface area contributed by atoms with Gasteiger partial charge in [-0.2, -0.15) is 0 Å². The fraction of sp³-hybridized carbons (Fsp3) is 0.526. The van der Waals surface area contributed by atoms with Gasteiger partial charge in [-0.15, -0.1) is 11.3 Å². The fourth-order valence-electron chi connectivity index (χ4n) is 3.34. The standard InChI is InChI=1S/C19H25FN4O3S/c20-14-12-24(9-6-13(14)18(21)25)8-3-1-2-7-22-19(26)15-11-16(27-23-15)17-5-4-10-28-17/h4-5,10-11,13-14H,1-3,6-9,12H2,(H2,21,25)(H,22,26)/t13-,14-/m1/s1. The number of likely N-dealkylation sites (tertiary alicyclic amines) is 1. The van der Waals surface area contributed by atoms with Crippen LogP contribution in [-0.4, -0.2) is 54.2 Å². The number of carbonyl (C=O) groups is 2. The Bertz CT molecular complexity index is 780. The highest BCUT2D eigenvalue weighted by atomic mass is 32.1. The highest BCUT2D eigenvalue weighted by Crippen LogP contribution is 2.25. The van der Waals surface area contributed by atoms with Gasteiger partial charge in [0.1, 0.15) is 6.17 Å². The number of nitrogens with zero attached hydrogens (tertiary/aromatic N) is 2. The molecule has 1 saturated heterocycles. The molecule has 3 heterocycles. The van der Waals surface area contributed by atoms with Gasteiger partial charge in [-0.05, 0) is 43.8 Å². The van der Waals surface area contributed by atoms with Crippen molar-refractivity contribution >= 4 is 23.2 Å². The number of rotatable bonds is 9. The van der Waals surface area contributed by atoms with Gasteiger partial charge in [0, 0.05) is 19.2 Å². The molecule has 2 amide bonds. The summed E-state index contributed by atoms with van der Waals surface area (Å²) in [5.41, 5.74) is 5.48. The van der Waals surface area contributed by atoms with Crippen LogP contribution in [0, 0.1) is 5.92 Å². The maximum atomic E-state index is 13.9. The van der Waals surface area contributed by atoms with Gasteiger partial charge in [-0.25, -0.2) is 4.39 Å². The molecule has 3 rings (SSSR count). The van der Waals surface area contributed by atoms with Gasteiger partial charge in [0.05, 0.1) is 10.8 Å². The number of unbranched alkanes of at least 4 members (excludes halogenated alkanes) is 2. The van der Waals surface area contributed by atoms with Crippen LogP contribution in [0.2, 0.25) is 0 Å². The second-order valence-corrected chi connectivity index (χ2v) is 7.93. The quantitative estimate of drug-likeness (QED) is 0.621. The molecular formula is C19H25FN4O3S. The number of carbonyl (C=O) groups excluding carboxylic acids is 2. The van der Waals surface area contributed by atoms with Crippen LogP contribution in [0.4, 0.5) is 4.39 Å². The lowest BCUT2D eigenvalue weighted by atomic mass is 9.94. The molecular weight excluding hydrogens is 383 g/mol. The molecule has 0 saturated carbocycles. The maximum Gasteiger partial charge on any atom is 0.273 e. The minimum atomic E-state index is -1.17.